The zero-order valence-corrected chi connectivity index (χ0v) is 19.1. The first kappa shape index (κ1) is 23.6. The van der Waals surface area contributed by atoms with Gasteiger partial charge in [0.1, 0.15) is 11.5 Å². The van der Waals surface area contributed by atoms with Crippen LogP contribution < -0.4 is 9.47 Å². The van der Waals surface area contributed by atoms with Crippen molar-refractivity contribution in [3.63, 3.8) is 0 Å². The lowest BCUT2D eigenvalue weighted by molar-refractivity contribution is 0.414. The second-order valence-electron chi connectivity index (χ2n) is 7.53. The van der Waals surface area contributed by atoms with Gasteiger partial charge in [-0.3, -0.25) is 0 Å². The first-order valence-corrected chi connectivity index (χ1v) is 11.2. The summed E-state index contributed by atoms with van der Waals surface area (Å²) in [5.74, 6) is 8.74. The molecule has 2 nitrogen and oxygen atoms in total. The molecule has 0 bridgehead atoms. The zero-order valence-electron chi connectivity index (χ0n) is 19.1. The topological polar surface area (TPSA) is 18.5 Å². The molecule has 0 aliphatic rings. The third-order valence-corrected chi connectivity index (χ3v) is 5.27. The lowest BCUT2D eigenvalue weighted by Gasteiger charge is -2.14. The van der Waals surface area contributed by atoms with E-state index in [9.17, 15) is 0 Å². The van der Waals surface area contributed by atoms with Crippen LogP contribution in [0.25, 0.3) is 11.1 Å². The van der Waals surface area contributed by atoms with E-state index >= 15 is 0 Å². The third kappa shape index (κ3) is 7.30. The van der Waals surface area contributed by atoms with Crippen LogP contribution >= 0.6 is 0 Å². The van der Waals surface area contributed by atoms with Gasteiger partial charge in [0.15, 0.2) is 0 Å². The highest BCUT2D eigenvalue weighted by molar-refractivity contribution is 5.98. The summed E-state index contributed by atoms with van der Waals surface area (Å²) in [6, 6.07) is 16.7. The number of hydrogen-bond donors (Lipinski definition) is 0. The summed E-state index contributed by atoms with van der Waals surface area (Å²) in [5, 5.41) is 0. The van der Waals surface area contributed by atoms with Gasteiger partial charge in [-0.15, -0.1) is 0 Å². The highest BCUT2D eigenvalue weighted by atomic mass is 16.5. The molecule has 0 heterocycles. The van der Waals surface area contributed by atoms with Crippen molar-refractivity contribution < 1.29 is 9.47 Å². The molecule has 0 saturated carbocycles. The van der Waals surface area contributed by atoms with Crippen molar-refractivity contribution in [1.82, 2.24) is 0 Å². The van der Waals surface area contributed by atoms with Gasteiger partial charge in [0.2, 0.25) is 0 Å². The van der Waals surface area contributed by atoms with Gasteiger partial charge in [-0.1, -0.05) is 75.6 Å². The van der Waals surface area contributed by atoms with Crippen LogP contribution in [0.4, 0.5) is 0 Å². The van der Waals surface area contributed by atoms with Crippen LogP contribution in [0.5, 0.6) is 11.5 Å². The molecule has 2 heteroatoms. The molecule has 0 amide bonds. The third-order valence-electron chi connectivity index (χ3n) is 5.27. The van der Waals surface area contributed by atoms with Crippen LogP contribution in [0.2, 0.25) is 0 Å². The smallest absolute Gasteiger partial charge is 0.118 e. The van der Waals surface area contributed by atoms with Crippen molar-refractivity contribution >= 4 is 11.1 Å². The Hall–Kier alpha value is -2.66. The van der Waals surface area contributed by atoms with Crippen LogP contribution in [0.15, 0.2) is 48.5 Å². The Labute approximate surface area is 183 Å². The van der Waals surface area contributed by atoms with E-state index in [2.05, 4.69) is 50.0 Å². The molecule has 0 fully saturated rings. The van der Waals surface area contributed by atoms with E-state index in [-0.39, 0.29) is 0 Å². The van der Waals surface area contributed by atoms with Gasteiger partial charge < -0.3 is 9.47 Å². The molecule has 0 aliphatic carbocycles. The van der Waals surface area contributed by atoms with Crippen molar-refractivity contribution in [2.75, 3.05) is 14.2 Å². The SMILES string of the molecule is CCCCCC#C/C(=C(/CCCCC)c1ccc(OC)cc1)c1ccc(OC)cc1. The Balaban J connectivity index is 2.51. The van der Waals surface area contributed by atoms with Gasteiger partial charge in [0, 0.05) is 12.0 Å². The second kappa shape index (κ2) is 13.5. The summed E-state index contributed by atoms with van der Waals surface area (Å²) < 4.78 is 10.7. The summed E-state index contributed by atoms with van der Waals surface area (Å²) in [6.45, 7) is 4.47. The molecule has 0 saturated heterocycles. The fourth-order valence-electron chi connectivity index (χ4n) is 3.45. The van der Waals surface area contributed by atoms with E-state index in [4.69, 9.17) is 9.47 Å². The normalized spacial score (nSPS) is 11.3. The molecule has 0 atom stereocenters. The van der Waals surface area contributed by atoms with E-state index < -0.39 is 0 Å². The number of hydrogen-bond acceptors (Lipinski definition) is 2. The highest BCUT2D eigenvalue weighted by Gasteiger charge is 2.11. The molecule has 160 valence electrons. The Morgan fingerprint density at radius 1 is 0.700 bits per heavy atom. The number of methoxy groups -OCH3 is 2. The Kier molecular flexibility index (Phi) is 10.7. The molecule has 30 heavy (non-hydrogen) atoms. The minimum absolute atomic E-state index is 0.867. The number of ether oxygens (including phenoxy) is 2. The minimum Gasteiger partial charge on any atom is -0.497 e. The Bertz CT molecular complexity index is 833. The summed E-state index contributed by atoms with van der Waals surface area (Å²) in [6.07, 6.45) is 9.16. The van der Waals surface area contributed by atoms with Gasteiger partial charge in [0.05, 0.1) is 14.2 Å². The van der Waals surface area contributed by atoms with Gasteiger partial charge in [-0.25, -0.2) is 0 Å². The fourth-order valence-corrected chi connectivity index (χ4v) is 3.45. The molecule has 0 aromatic heterocycles. The van der Waals surface area contributed by atoms with Crippen LogP contribution in [0.3, 0.4) is 0 Å². The van der Waals surface area contributed by atoms with E-state index in [0.29, 0.717) is 0 Å². The molecular formula is C28H36O2. The average molecular weight is 405 g/mol. The van der Waals surface area contributed by atoms with Crippen LogP contribution in [0, 0.1) is 11.8 Å². The summed E-state index contributed by atoms with van der Waals surface area (Å²) in [4.78, 5) is 0. The number of benzene rings is 2. The van der Waals surface area contributed by atoms with Gasteiger partial charge in [-0.05, 0) is 60.2 Å². The molecule has 2 rings (SSSR count). The second-order valence-corrected chi connectivity index (χ2v) is 7.53. The number of rotatable bonds is 11. The molecule has 0 spiro atoms. The fraction of sp³-hybridized carbons (Fsp3) is 0.429. The van der Waals surface area contributed by atoms with E-state index in [1.165, 1.54) is 36.8 Å². The number of unbranched alkanes of at least 4 members (excludes halogenated alkanes) is 5. The van der Waals surface area contributed by atoms with Gasteiger partial charge in [0.25, 0.3) is 0 Å². The quantitative estimate of drug-likeness (QED) is 0.216. The highest BCUT2D eigenvalue weighted by Crippen LogP contribution is 2.32. The molecule has 2 aromatic rings. The Morgan fingerprint density at radius 2 is 1.23 bits per heavy atom. The standard InChI is InChI=1S/C28H36O2/c1-5-7-9-10-12-14-28(24-17-21-26(30-4)22-18-24)27(13-11-8-6-2)23-15-19-25(29-3)20-16-23/h15-22H,5-11,13H2,1-4H3/b28-27+. The largest absolute Gasteiger partial charge is 0.497 e. The first-order valence-electron chi connectivity index (χ1n) is 11.2. The van der Waals surface area contributed by atoms with E-state index in [0.717, 1.165) is 48.3 Å². The molecule has 0 radical (unpaired) electrons. The zero-order chi connectivity index (χ0) is 21.6. The Morgan fingerprint density at radius 3 is 1.77 bits per heavy atom. The van der Waals surface area contributed by atoms with Crippen molar-refractivity contribution in [2.45, 2.75) is 65.2 Å². The van der Waals surface area contributed by atoms with Crippen LogP contribution in [0.1, 0.15) is 76.3 Å². The van der Waals surface area contributed by atoms with Crippen molar-refractivity contribution in [2.24, 2.45) is 0 Å². The minimum atomic E-state index is 0.867. The lowest BCUT2D eigenvalue weighted by atomic mass is 9.90. The maximum atomic E-state index is 5.36. The molecule has 0 aliphatic heterocycles. The van der Waals surface area contributed by atoms with Crippen molar-refractivity contribution in [3.8, 4) is 23.3 Å². The van der Waals surface area contributed by atoms with Crippen molar-refractivity contribution in [3.05, 3.63) is 59.7 Å². The van der Waals surface area contributed by atoms with Crippen molar-refractivity contribution in [1.29, 1.82) is 0 Å². The van der Waals surface area contributed by atoms with Crippen LogP contribution in [-0.4, -0.2) is 14.2 Å². The maximum Gasteiger partial charge on any atom is 0.118 e. The molecule has 2 aromatic carbocycles. The molecule has 0 N–H and O–H groups in total. The molecular weight excluding hydrogens is 368 g/mol. The van der Waals surface area contributed by atoms with E-state index in [1.54, 1.807) is 14.2 Å². The summed E-state index contributed by atoms with van der Waals surface area (Å²) in [7, 11) is 3.41. The number of allylic oxidation sites excluding steroid dienone is 2. The average Bonchev–Trinajstić information content (AvgIpc) is 2.80. The predicted molar refractivity (Wildman–Crippen MR) is 129 cm³/mol. The van der Waals surface area contributed by atoms with Gasteiger partial charge >= 0.3 is 0 Å². The predicted octanol–water partition coefficient (Wildman–Crippen LogP) is 7.78. The van der Waals surface area contributed by atoms with E-state index in [1.807, 2.05) is 24.3 Å². The monoisotopic (exact) mass is 404 g/mol. The molecule has 0 unspecified atom stereocenters. The maximum absolute atomic E-state index is 5.36. The van der Waals surface area contributed by atoms with Gasteiger partial charge in [-0.2, -0.15) is 0 Å². The first-order chi connectivity index (χ1) is 14.7. The van der Waals surface area contributed by atoms with Crippen LogP contribution in [-0.2, 0) is 0 Å². The summed E-state index contributed by atoms with van der Waals surface area (Å²) >= 11 is 0. The lowest BCUT2D eigenvalue weighted by Crippen LogP contribution is -1.94. The summed E-state index contributed by atoms with van der Waals surface area (Å²) in [5.41, 5.74) is 4.83.